The Morgan fingerprint density at radius 3 is 2.09 bits per heavy atom. The Morgan fingerprint density at radius 2 is 1.44 bits per heavy atom. The van der Waals surface area contributed by atoms with Crippen molar-refractivity contribution in [3.8, 4) is 0 Å². The third kappa shape index (κ3) is 3.23. The minimum Gasteiger partial charge on any atom is -0.450 e. The van der Waals surface area contributed by atoms with Crippen molar-refractivity contribution < 1.29 is 9.21 Å². The molecule has 0 bridgehead atoms. The lowest BCUT2D eigenvalue weighted by molar-refractivity contribution is 0.0714. The number of aryl methyl sites for hydroxylation is 4. The maximum absolute atomic E-state index is 13.7. The van der Waals surface area contributed by atoms with Crippen molar-refractivity contribution in [3.05, 3.63) is 116 Å². The molecule has 0 saturated carbocycles. The van der Waals surface area contributed by atoms with Crippen LogP contribution < -0.4 is 5.43 Å². The number of hydrogen-bond donors (Lipinski definition) is 0. The van der Waals surface area contributed by atoms with Gasteiger partial charge in [-0.3, -0.25) is 9.59 Å². The molecule has 4 heteroatoms. The number of hydrogen-bond acceptors (Lipinski definition) is 3. The van der Waals surface area contributed by atoms with Crippen LogP contribution in [0.25, 0.3) is 11.0 Å². The third-order valence-corrected chi connectivity index (χ3v) is 6.26. The van der Waals surface area contributed by atoms with Gasteiger partial charge in [0.15, 0.2) is 5.43 Å². The highest BCUT2D eigenvalue weighted by molar-refractivity contribution is 5.99. The minimum absolute atomic E-state index is 0.126. The molecule has 1 aromatic heterocycles. The predicted molar refractivity (Wildman–Crippen MR) is 126 cm³/mol. The minimum atomic E-state index is -0.485. The largest absolute Gasteiger partial charge is 0.450 e. The highest BCUT2D eigenvalue weighted by atomic mass is 16.3. The summed E-state index contributed by atoms with van der Waals surface area (Å²) < 4.78 is 6.15. The number of rotatable bonds is 3. The molecule has 0 radical (unpaired) electrons. The summed E-state index contributed by atoms with van der Waals surface area (Å²) in [6.07, 6.45) is 0. The first kappa shape index (κ1) is 20.3. The van der Waals surface area contributed by atoms with Gasteiger partial charge in [0.05, 0.1) is 17.0 Å². The van der Waals surface area contributed by atoms with Crippen molar-refractivity contribution in [2.45, 2.75) is 40.3 Å². The van der Waals surface area contributed by atoms with Crippen molar-refractivity contribution in [2.24, 2.45) is 0 Å². The first-order valence-corrected chi connectivity index (χ1v) is 10.8. The Labute approximate surface area is 187 Å². The molecule has 5 rings (SSSR count). The summed E-state index contributed by atoms with van der Waals surface area (Å²) in [5.74, 6) is -0.0859. The molecule has 160 valence electrons. The van der Waals surface area contributed by atoms with Crippen LogP contribution in [0.4, 0.5) is 0 Å². The Bertz CT molecular complexity index is 1410. The molecule has 0 saturated heterocycles. The third-order valence-electron chi connectivity index (χ3n) is 6.26. The number of benzene rings is 3. The van der Waals surface area contributed by atoms with Crippen LogP contribution in [0.5, 0.6) is 0 Å². The average molecular weight is 424 g/mol. The zero-order chi connectivity index (χ0) is 22.6. The summed E-state index contributed by atoms with van der Waals surface area (Å²) in [6.45, 7) is 8.33. The number of nitrogens with zero attached hydrogens (tertiary/aromatic N) is 1. The molecule has 4 nitrogen and oxygen atoms in total. The van der Waals surface area contributed by atoms with E-state index in [1.165, 1.54) is 0 Å². The van der Waals surface area contributed by atoms with Gasteiger partial charge in [-0.05, 0) is 56.0 Å². The van der Waals surface area contributed by atoms with Crippen molar-refractivity contribution in [1.29, 1.82) is 0 Å². The number of amides is 1. The van der Waals surface area contributed by atoms with Gasteiger partial charge in [-0.25, -0.2) is 0 Å². The smallest absolute Gasteiger partial charge is 0.291 e. The molecule has 0 N–H and O–H groups in total. The van der Waals surface area contributed by atoms with Crippen LogP contribution in [0.15, 0.2) is 69.9 Å². The Balaban J connectivity index is 1.74. The summed E-state index contributed by atoms with van der Waals surface area (Å²) in [6, 6.07) is 19.5. The fourth-order valence-electron chi connectivity index (χ4n) is 4.62. The van der Waals surface area contributed by atoms with Gasteiger partial charge in [-0.15, -0.1) is 0 Å². The molecule has 0 aliphatic carbocycles. The Morgan fingerprint density at radius 1 is 0.812 bits per heavy atom. The van der Waals surface area contributed by atoms with Crippen LogP contribution in [-0.2, 0) is 6.54 Å². The van der Waals surface area contributed by atoms with E-state index in [4.69, 9.17) is 4.42 Å². The van der Waals surface area contributed by atoms with Gasteiger partial charge in [0.1, 0.15) is 5.58 Å². The molecule has 1 unspecified atom stereocenters. The first-order chi connectivity index (χ1) is 15.3. The van der Waals surface area contributed by atoms with E-state index in [2.05, 4.69) is 0 Å². The van der Waals surface area contributed by atoms with Crippen LogP contribution in [-0.4, -0.2) is 10.8 Å². The Kier molecular flexibility index (Phi) is 4.74. The highest BCUT2D eigenvalue weighted by Crippen LogP contribution is 2.39. The molecule has 32 heavy (non-hydrogen) atoms. The van der Waals surface area contributed by atoms with Crippen molar-refractivity contribution in [1.82, 2.24) is 4.90 Å². The van der Waals surface area contributed by atoms with Crippen LogP contribution in [0.3, 0.4) is 0 Å². The van der Waals surface area contributed by atoms with E-state index >= 15 is 0 Å². The van der Waals surface area contributed by atoms with Gasteiger partial charge in [0.2, 0.25) is 5.76 Å². The molecular weight excluding hydrogens is 398 g/mol. The second-order valence-corrected chi connectivity index (χ2v) is 8.86. The summed E-state index contributed by atoms with van der Waals surface area (Å²) in [4.78, 5) is 29.1. The zero-order valence-electron chi connectivity index (χ0n) is 18.7. The molecule has 2 heterocycles. The molecule has 1 aliphatic heterocycles. The van der Waals surface area contributed by atoms with E-state index in [1.54, 1.807) is 4.90 Å². The van der Waals surface area contributed by atoms with Crippen LogP contribution >= 0.6 is 0 Å². The fourth-order valence-corrected chi connectivity index (χ4v) is 4.62. The second-order valence-electron chi connectivity index (χ2n) is 8.86. The lowest BCUT2D eigenvalue weighted by Gasteiger charge is -2.25. The van der Waals surface area contributed by atoms with Crippen LogP contribution in [0.2, 0.25) is 0 Å². The Hall–Kier alpha value is -3.66. The maximum atomic E-state index is 13.7. The lowest BCUT2D eigenvalue weighted by Crippen LogP contribution is -2.29. The second kappa shape index (κ2) is 7.49. The normalized spacial score (nSPS) is 15.4. The van der Waals surface area contributed by atoms with Gasteiger partial charge < -0.3 is 9.32 Å². The zero-order valence-corrected chi connectivity index (χ0v) is 18.7. The van der Waals surface area contributed by atoms with E-state index in [9.17, 15) is 9.59 Å². The number of fused-ring (bicyclic) bond motifs is 2. The molecule has 3 aromatic carbocycles. The van der Waals surface area contributed by atoms with Gasteiger partial charge >= 0.3 is 0 Å². The first-order valence-electron chi connectivity index (χ1n) is 10.8. The fraction of sp³-hybridized carbons (Fsp3) is 0.214. The molecule has 0 fully saturated rings. The summed E-state index contributed by atoms with van der Waals surface area (Å²) in [5.41, 5.74) is 6.86. The van der Waals surface area contributed by atoms with Gasteiger partial charge in [0, 0.05) is 6.54 Å². The van der Waals surface area contributed by atoms with Gasteiger partial charge in [-0.1, -0.05) is 65.7 Å². The molecule has 4 aromatic rings. The molecule has 1 atom stereocenters. The van der Waals surface area contributed by atoms with Crippen molar-refractivity contribution in [2.75, 3.05) is 0 Å². The standard InChI is InChI=1S/C28H25NO3/c1-16-5-9-20(10-6-16)15-29-24(21-11-7-17(2)8-12-21)23-25(30)22-14-18(3)13-19(4)26(22)32-27(23)28(29)31/h5-14,24H,15H2,1-4H3. The highest BCUT2D eigenvalue weighted by Gasteiger charge is 2.42. The lowest BCUT2D eigenvalue weighted by atomic mass is 9.96. The summed E-state index contributed by atoms with van der Waals surface area (Å²) >= 11 is 0. The van der Waals surface area contributed by atoms with E-state index in [0.717, 1.165) is 33.4 Å². The SMILES string of the molecule is Cc1ccc(CN2C(=O)c3oc4c(C)cc(C)cc4c(=O)c3C2c2ccc(C)cc2)cc1. The number of carbonyl (C=O) groups excluding carboxylic acids is 1. The van der Waals surface area contributed by atoms with Crippen molar-refractivity contribution >= 4 is 16.9 Å². The predicted octanol–water partition coefficient (Wildman–Crippen LogP) is 5.77. The van der Waals surface area contributed by atoms with Crippen LogP contribution in [0, 0.1) is 27.7 Å². The molecule has 0 spiro atoms. The van der Waals surface area contributed by atoms with E-state index < -0.39 is 6.04 Å². The van der Waals surface area contributed by atoms with E-state index in [-0.39, 0.29) is 17.1 Å². The summed E-state index contributed by atoms with van der Waals surface area (Å²) in [5, 5.41) is 0.531. The quantitative estimate of drug-likeness (QED) is 0.420. The molecule has 1 amide bonds. The van der Waals surface area contributed by atoms with Gasteiger partial charge in [-0.2, -0.15) is 0 Å². The van der Waals surface area contributed by atoms with E-state index in [0.29, 0.717) is 23.1 Å². The summed E-state index contributed by atoms with van der Waals surface area (Å²) in [7, 11) is 0. The average Bonchev–Trinajstić information content (AvgIpc) is 3.03. The van der Waals surface area contributed by atoms with Crippen molar-refractivity contribution in [3.63, 3.8) is 0 Å². The topological polar surface area (TPSA) is 50.5 Å². The molecule has 1 aliphatic rings. The van der Waals surface area contributed by atoms with E-state index in [1.807, 2.05) is 88.4 Å². The number of carbonyl (C=O) groups is 1. The monoisotopic (exact) mass is 423 g/mol. The van der Waals surface area contributed by atoms with Crippen LogP contribution in [0.1, 0.15) is 55.5 Å². The molecular formula is C28H25NO3. The van der Waals surface area contributed by atoms with Gasteiger partial charge in [0.25, 0.3) is 5.91 Å². The maximum Gasteiger partial charge on any atom is 0.291 e.